The average Bonchev–Trinajstić information content (AvgIpc) is 3.04. The molecule has 1 aromatic rings. The van der Waals surface area contributed by atoms with Crippen LogP contribution in [0, 0.1) is 11.3 Å². The molecule has 19 heavy (non-hydrogen) atoms. The summed E-state index contributed by atoms with van der Waals surface area (Å²) >= 11 is 0. The van der Waals surface area contributed by atoms with Gasteiger partial charge in [0.05, 0.1) is 12.5 Å². The number of carbonyl (C=O) groups excluding carboxylic acids is 1. The molecule has 0 aromatic carbocycles. The van der Waals surface area contributed by atoms with Crippen LogP contribution in [0.25, 0.3) is 0 Å². The number of hydrogen-bond acceptors (Lipinski definition) is 4. The van der Waals surface area contributed by atoms with Gasteiger partial charge in [0.25, 0.3) is 5.91 Å². The molecule has 0 bridgehead atoms. The molecular formula is C13H19N5O. The minimum atomic E-state index is -0.176. The fourth-order valence-electron chi connectivity index (χ4n) is 1.83. The molecule has 1 saturated carbocycles. The smallest absolute Gasteiger partial charge is 0.293 e. The molecule has 0 spiro atoms. The number of aromatic nitrogens is 3. The molecule has 1 aliphatic carbocycles. The monoisotopic (exact) mass is 261 g/mol. The van der Waals surface area contributed by atoms with Crippen LogP contribution in [0.4, 0.5) is 0 Å². The number of amides is 1. The minimum absolute atomic E-state index is 0.164. The molecule has 0 aliphatic heterocycles. The maximum atomic E-state index is 12.3. The predicted molar refractivity (Wildman–Crippen MR) is 69.4 cm³/mol. The van der Waals surface area contributed by atoms with Crippen LogP contribution in [-0.2, 0) is 5.41 Å². The topological polar surface area (TPSA) is 85.7 Å². The molecule has 1 amide bonds. The molecule has 6 nitrogen and oxygen atoms in total. The zero-order valence-electron chi connectivity index (χ0n) is 11.6. The van der Waals surface area contributed by atoms with Crippen LogP contribution >= 0.6 is 0 Å². The lowest BCUT2D eigenvalue weighted by molar-refractivity contribution is 0.0735. The van der Waals surface area contributed by atoms with Crippen LogP contribution in [0.2, 0.25) is 0 Å². The highest BCUT2D eigenvalue weighted by Gasteiger charge is 2.34. The summed E-state index contributed by atoms with van der Waals surface area (Å²) in [5.41, 5.74) is -0.164. The van der Waals surface area contributed by atoms with Crippen LogP contribution in [-0.4, -0.2) is 38.6 Å². The van der Waals surface area contributed by atoms with E-state index in [1.54, 1.807) is 4.90 Å². The van der Waals surface area contributed by atoms with Crippen molar-refractivity contribution in [2.24, 2.45) is 0 Å². The second kappa shape index (κ2) is 5.00. The lowest BCUT2D eigenvalue weighted by atomic mass is 9.96. The van der Waals surface area contributed by atoms with Crippen molar-refractivity contribution in [2.75, 3.05) is 6.54 Å². The van der Waals surface area contributed by atoms with Gasteiger partial charge in [-0.25, -0.2) is 4.98 Å². The van der Waals surface area contributed by atoms with E-state index in [0.717, 1.165) is 12.8 Å². The molecule has 2 rings (SSSR count). The van der Waals surface area contributed by atoms with E-state index in [4.69, 9.17) is 5.26 Å². The van der Waals surface area contributed by atoms with Crippen molar-refractivity contribution >= 4 is 5.91 Å². The second-order valence-corrected chi connectivity index (χ2v) is 5.90. The Labute approximate surface area is 112 Å². The molecule has 0 atom stereocenters. The first-order chi connectivity index (χ1) is 8.93. The van der Waals surface area contributed by atoms with Gasteiger partial charge >= 0.3 is 0 Å². The minimum Gasteiger partial charge on any atom is -0.332 e. The fraction of sp³-hybridized carbons (Fsp3) is 0.692. The third-order valence-corrected chi connectivity index (χ3v) is 3.10. The van der Waals surface area contributed by atoms with Crippen LogP contribution in [0.5, 0.6) is 0 Å². The fourth-order valence-corrected chi connectivity index (χ4v) is 1.83. The van der Waals surface area contributed by atoms with Crippen molar-refractivity contribution < 1.29 is 4.79 Å². The molecule has 0 saturated heterocycles. The zero-order valence-corrected chi connectivity index (χ0v) is 11.6. The van der Waals surface area contributed by atoms with E-state index in [1.807, 2.05) is 20.8 Å². The Hall–Kier alpha value is -1.90. The van der Waals surface area contributed by atoms with Gasteiger partial charge in [0.1, 0.15) is 5.82 Å². The predicted octanol–water partition coefficient (Wildman–Crippen LogP) is 1.62. The van der Waals surface area contributed by atoms with Crippen LogP contribution in [0.1, 0.15) is 56.5 Å². The molecule has 6 heteroatoms. The van der Waals surface area contributed by atoms with E-state index in [2.05, 4.69) is 21.3 Å². The van der Waals surface area contributed by atoms with Crippen molar-refractivity contribution in [3.8, 4) is 6.07 Å². The summed E-state index contributed by atoms with van der Waals surface area (Å²) in [5.74, 6) is 0.728. The molecule has 1 heterocycles. The van der Waals surface area contributed by atoms with Crippen LogP contribution in [0.15, 0.2) is 0 Å². The van der Waals surface area contributed by atoms with Gasteiger partial charge in [-0.1, -0.05) is 20.8 Å². The van der Waals surface area contributed by atoms with E-state index in [1.165, 1.54) is 0 Å². The Balaban J connectivity index is 2.13. The first kappa shape index (κ1) is 13.5. The third kappa shape index (κ3) is 3.11. The van der Waals surface area contributed by atoms with Gasteiger partial charge in [-0.15, -0.1) is 5.10 Å². The molecule has 102 valence electrons. The Morgan fingerprint density at radius 3 is 2.68 bits per heavy atom. The Morgan fingerprint density at radius 2 is 2.21 bits per heavy atom. The van der Waals surface area contributed by atoms with E-state index in [0.29, 0.717) is 18.8 Å². The van der Waals surface area contributed by atoms with Crippen molar-refractivity contribution in [1.29, 1.82) is 5.26 Å². The van der Waals surface area contributed by atoms with Gasteiger partial charge in [0, 0.05) is 18.0 Å². The molecule has 1 N–H and O–H groups in total. The van der Waals surface area contributed by atoms with Crippen molar-refractivity contribution in [1.82, 2.24) is 20.1 Å². The number of nitrogens with zero attached hydrogens (tertiary/aromatic N) is 4. The van der Waals surface area contributed by atoms with Crippen molar-refractivity contribution in [2.45, 2.75) is 51.5 Å². The average molecular weight is 261 g/mol. The Bertz CT molecular complexity index is 504. The zero-order chi connectivity index (χ0) is 14.0. The lowest BCUT2D eigenvalue weighted by Crippen LogP contribution is -2.34. The summed E-state index contributed by atoms with van der Waals surface area (Å²) < 4.78 is 0. The highest BCUT2D eigenvalue weighted by Crippen LogP contribution is 2.28. The normalized spacial score (nSPS) is 15.1. The lowest BCUT2D eigenvalue weighted by Gasteiger charge is -2.19. The van der Waals surface area contributed by atoms with E-state index < -0.39 is 0 Å². The molecule has 1 fully saturated rings. The number of aromatic amines is 1. The maximum absolute atomic E-state index is 12.3. The van der Waals surface area contributed by atoms with Crippen molar-refractivity contribution in [3.63, 3.8) is 0 Å². The quantitative estimate of drug-likeness (QED) is 0.892. The molecule has 1 aromatic heterocycles. The largest absolute Gasteiger partial charge is 0.332 e. The molecule has 1 aliphatic rings. The standard InChI is InChI=1S/C13H19N5O/c1-13(2,3)12-15-10(16-17-12)11(19)18(8-4-7-14)9-5-6-9/h9H,4-6,8H2,1-3H3,(H,15,16,17). The summed E-state index contributed by atoms with van der Waals surface area (Å²) in [4.78, 5) is 18.3. The Morgan fingerprint density at radius 1 is 1.53 bits per heavy atom. The van der Waals surface area contributed by atoms with E-state index in [-0.39, 0.29) is 23.2 Å². The molecular weight excluding hydrogens is 242 g/mol. The maximum Gasteiger partial charge on any atom is 0.293 e. The number of rotatable bonds is 4. The number of hydrogen-bond donors (Lipinski definition) is 1. The molecule has 0 radical (unpaired) electrons. The second-order valence-electron chi connectivity index (χ2n) is 5.90. The summed E-state index contributed by atoms with van der Waals surface area (Å²) in [6, 6.07) is 2.34. The summed E-state index contributed by atoms with van der Waals surface area (Å²) in [5, 5.41) is 15.5. The molecule has 0 unspecified atom stereocenters. The van der Waals surface area contributed by atoms with Crippen LogP contribution in [0.3, 0.4) is 0 Å². The first-order valence-electron chi connectivity index (χ1n) is 6.54. The van der Waals surface area contributed by atoms with Crippen LogP contribution < -0.4 is 0 Å². The van der Waals surface area contributed by atoms with E-state index >= 15 is 0 Å². The highest BCUT2D eigenvalue weighted by molar-refractivity contribution is 5.90. The van der Waals surface area contributed by atoms with Gasteiger partial charge in [0.15, 0.2) is 0 Å². The first-order valence-corrected chi connectivity index (χ1v) is 6.54. The number of carbonyl (C=O) groups is 1. The van der Waals surface area contributed by atoms with Gasteiger partial charge in [-0.2, -0.15) is 5.26 Å². The third-order valence-electron chi connectivity index (χ3n) is 3.10. The SMILES string of the molecule is CC(C)(C)c1nc(C(=O)N(CCC#N)C2CC2)n[nH]1. The summed E-state index contributed by atoms with van der Waals surface area (Å²) in [7, 11) is 0. The van der Waals surface area contributed by atoms with Gasteiger partial charge in [0.2, 0.25) is 5.82 Å². The van der Waals surface area contributed by atoms with Gasteiger partial charge in [-0.3, -0.25) is 9.89 Å². The highest BCUT2D eigenvalue weighted by atomic mass is 16.2. The van der Waals surface area contributed by atoms with Gasteiger partial charge in [-0.05, 0) is 12.8 Å². The Kier molecular flexibility index (Phi) is 3.56. The van der Waals surface area contributed by atoms with Gasteiger partial charge < -0.3 is 4.90 Å². The number of nitriles is 1. The summed E-state index contributed by atoms with van der Waals surface area (Å²) in [6.45, 7) is 6.49. The number of H-pyrrole nitrogens is 1. The number of nitrogens with one attached hydrogen (secondary N) is 1. The summed E-state index contributed by atoms with van der Waals surface area (Å²) in [6.07, 6.45) is 2.36. The van der Waals surface area contributed by atoms with Crippen molar-refractivity contribution in [3.05, 3.63) is 11.6 Å². The van der Waals surface area contributed by atoms with E-state index in [9.17, 15) is 4.79 Å².